The number of carbonyl (C=O) groups excluding carboxylic acids is 2. The number of unbranched alkanes of at least 4 members (excludes halogenated alkanes) is 9. The van der Waals surface area contributed by atoms with Crippen LogP contribution in [0.1, 0.15) is 77.0 Å². The Bertz CT molecular complexity index is 339. The molecule has 0 aliphatic rings. The number of hydrogen-bond donors (Lipinski definition) is 2. The fourth-order valence-corrected chi connectivity index (χ4v) is 2.20. The van der Waals surface area contributed by atoms with Crippen molar-refractivity contribution in [3.05, 3.63) is 0 Å². The Kier molecular flexibility index (Phi) is 12.0. The van der Waals surface area contributed by atoms with E-state index in [0.717, 1.165) is 51.4 Å². The van der Waals surface area contributed by atoms with E-state index < -0.39 is 23.5 Å². The summed E-state index contributed by atoms with van der Waals surface area (Å²) in [5, 5.41) is 16.8. The van der Waals surface area contributed by atoms with Gasteiger partial charge in [-0.2, -0.15) is 0 Å². The topological polar surface area (TPSA) is 109 Å². The second kappa shape index (κ2) is 13.0. The third-order valence-electron chi connectivity index (χ3n) is 3.53. The summed E-state index contributed by atoms with van der Waals surface area (Å²) in [6, 6.07) is 0. The normalized spacial score (nSPS) is 10.4. The summed E-state index contributed by atoms with van der Waals surface area (Å²) in [7, 11) is 0. The first kappa shape index (κ1) is 20.3. The predicted octanol–water partition coefficient (Wildman–Crippen LogP) is 2.98. The molecule has 0 amide bonds. The van der Waals surface area contributed by atoms with Gasteiger partial charge in [0.25, 0.3) is 0 Å². The van der Waals surface area contributed by atoms with Crippen LogP contribution in [0.5, 0.6) is 0 Å². The largest absolute Gasteiger partial charge is 0.476 e. The van der Waals surface area contributed by atoms with Gasteiger partial charge in [0.15, 0.2) is 0 Å². The van der Waals surface area contributed by atoms with Crippen LogP contribution in [0.25, 0.3) is 0 Å². The lowest BCUT2D eigenvalue weighted by Gasteiger charge is -2.02. The molecule has 0 saturated carbocycles. The lowest BCUT2D eigenvalue weighted by molar-refractivity contribution is -0.149. The van der Waals surface area contributed by atoms with Crippen LogP contribution in [0.4, 0.5) is 0 Å². The molecule has 2 N–H and O–H groups in total. The van der Waals surface area contributed by atoms with Crippen LogP contribution in [0, 0.1) is 0 Å². The van der Waals surface area contributed by atoms with E-state index in [4.69, 9.17) is 10.2 Å². The summed E-state index contributed by atoms with van der Waals surface area (Å²) in [6.07, 6.45) is 9.73. The maximum atomic E-state index is 10.8. The summed E-state index contributed by atoms with van der Waals surface area (Å²) >= 11 is 0. The number of carboxylic acids is 2. The van der Waals surface area contributed by atoms with Gasteiger partial charge in [-0.1, -0.05) is 51.4 Å². The smallest absolute Gasteiger partial charge is 0.372 e. The van der Waals surface area contributed by atoms with Gasteiger partial charge in [0.2, 0.25) is 11.6 Å². The Morgan fingerprint density at radius 2 is 0.682 bits per heavy atom. The fourth-order valence-electron chi connectivity index (χ4n) is 2.20. The van der Waals surface area contributed by atoms with Gasteiger partial charge < -0.3 is 10.2 Å². The average Bonchev–Trinajstić information content (AvgIpc) is 2.47. The van der Waals surface area contributed by atoms with E-state index in [9.17, 15) is 19.2 Å². The molecule has 0 aliphatic carbocycles. The quantitative estimate of drug-likeness (QED) is 0.355. The molecule has 0 radical (unpaired) electrons. The molecule has 0 aromatic rings. The molecule has 0 heterocycles. The zero-order valence-corrected chi connectivity index (χ0v) is 13.0. The monoisotopic (exact) mass is 314 g/mol. The van der Waals surface area contributed by atoms with Gasteiger partial charge >= 0.3 is 11.9 Å². The van der Waals surface area contributed by atoms with Crippen LogP contribution in [0.2, 0.25) is 0 Å². The third-order valence-corrected chi connectivity index (χ3v) is 3.53. The number of rotatable bonds is 15. The van der Waals surface area contributed by atoms with Crippen molar-refractivity contribution in [1.29, 1.82) is 0 Å². The molecule has 22 heavy (non-hydrogen) atoms. The Morgan fingerprint density at radius 3 is 0.909 bits per heavy atom. The second-order valence-corrected chi connectivity index (χ2v) is 5.49. The summed E-state index contributed by atoms with van der Waals surface area (Å²) in [4.78, 5) is 42.2. The lowest BCUT2D eigenvalue weighted by Crippen LogP contribution is -2.11. The van der Waals surface area contributed by atoms with Crippen LogP contribution in [0.15, 0.2) is 0 Å². The standard InChI is InChI=1S/C16H26O6/c17-13(15(19)20)11-9-7-5-3-1-2-4-6-8-10-12-14(18)16(21)22/h1-12H2,(H,19,20)(H,21,22). The van der Waals surface area contributed by atoms with E-state index in [-0.39, 0.29) is 12.8 Å². The number of carboxylic acid groups (broad SMARTS) is 2. The number of carbonyl (C=O) groups is 4. The first-order chi connectivity index (χ1) is 10.4. The van der Waals surface area contributed by atoms with Crippen LogP contribution in [-0.2, 0) is 19.2 Å². The highest BCUT2D eigenvalue weighted by Crippen LogP contribution is 2.12. The van der Waals surface area contributed by atoms with Gasteiger partial charge in [0, 0.05) is 12.8 Å². The maximum Gasteiger partial charge on any atom is 0.372 e. The molecule has 6 nitrogen and oxygen atoms in total. The minimum Gasteiger partial charge on any atom is -0.476 e. The van der Waals surface area contributed by atoms with E-state index in [2.05, 4.69) is 0 Å². The predicted molar refractivity (Wildman–Crippen MR) is 80.7 cm³/mol. The highest BCUT2D eigenvalue weighted by Gasteiger charge is 2.10. The minimum absolute atomic E-state index is 0.129. The molecule has 0 aromatic heterocycles. The molecule has 0 fully saturated rings. The van der Waals surface area contributed by atoms with Crippen molar-refractivity contribution < 1.29 is 29.4 Å². The number of Topliss-reactive ketones (excluding diaryl/α,β-unsaturated/α-hetero) is 2. The van der Waals surface area contributed by atoms with Crippen molar-refractivity contribution in [3.63, 3.8) is 0 Å². The second-order valence-electron chi connectivity index (χ2n) is 5.49. The van der Waals surface area contributed by atoms with E-state index in [0.29, 0.717) is 12.8 Å². The van der Waals surface area contributed by atoms with Crippen LogP contribution < -0.4 is 0 Å². The van der Waals surface area contributed by atoms with Crippen LogP contribution in [0.3, 0.4) is 0 Å². The zero-order chi connectivity index (χ0) is 16.8. The van der Waals surface area contributed by atoms with Gasteiger partial charge in [-0.15, -0.1) is 0 Å². The maximum absolute atomic E-state index is 10.8. The molecular weight excluding hydrogens is 288 g/mol. The van der Waals surface area contributed by atoms with Crippen molar-refractivity contribution in [2.45, 2.75) is 77.0 Å². The van der Waals surface area contributed by atoms with E-state index in [1.165, 1.54) is 0 Å². The minimum atomic E-state index is -1.34. The lowest BCUT2D eigenvalue weighted by atomic mass is 10.0. The van der Waals surface area contributed by atoms with Crippen molar-refractivity contribution in [1.82, 2.24) is 0 Å². The van der Waals surface area contributed by atoms with Crippen LogP contribution in [-0.4, -0.2) is 33.7 Å². The summed E-state index contributed by atoms with van der Waals surface area (Å²) in [5.41, 5.74) is 0. The van der Waals surface area contributed by atoms with E-state index in [1.807, 2.05) is 0 Å². The van der Waals surface area contributed by atoms with Gasteiger partial charge in [0.05, 0.1) is 0 Å². The molecule has 0 rings (SSSR count). The Morgan fingerprint density at radius 1 is 0.455 bits per heavy atom. The summed E-state index contributed by atoms with van der Waals surface area (Å²) in [6.45, 7) is 0. The molecule has 126 valence electrons. The van der Waals surface area contributed by atoms with E-state index >= 15 is 0 Å². The molecule has 6 heteroatoms. The number of ketones is 2. The molecular formula is C16H26O6. The van der Waals surface area contributed by atoms with Gasteiger partial charge in [0.1, 0.15) is 0 Å². The molecule has 0 spiro atoms. The van der Waals surface area contributed by atoms with Crippen molar-refractivity contribution in [3.8, 4) is 0 Å². The van der Waals surface area contributed by atoms with Gasteiger partial charge in [-0.25, -0.2) is 9.59 Å². The van der Waals surface area contributed by atoms with Crippen molar-refractivity contribution >= 4 is 23.5 Å². The fraction of sp³-hybridized carbons (Fsp3) is 0.750. The average molecular weight is 314 g/mol. The Balaban J connectivity index is 3.21. The molecule has 0 saturated heterocycles. The SMILES string of the molecule is O=C(O)C(=O)CCCCCCCCCCCCC(=O)C(=O)O. The molecule has 0 unspecified atom stereocenters. The Hall–Kier alpha value is -1.72. The molecule has 0 bridgehead atoms. The van der Waals surface area contributed by atoms with Gasteiger partial charge in [-0.05, 0) is 12.8 Å². The highest BCUT2D eigenvalue weighted by molar-refractivity contribution is 6.32. The first-order valence-corrected chi connectivity index (χ1v) is 7.97. The number of aliphatic carboxylic acids is 2. The number of hydrogen-bond acceptors (Lipinski definition) is 4. The summed E-state index contributed by atoms with van der Waals surface area (Å²) in [5.74, 6) is -4.10. The molecule has 0 aliphatic heterocycles. The third kappa shape index (κ3) is 12.1. The summed E-state index contributed by atoms with van der Waals surface area (Å²) < 4.78 is 0. The molecule has 0 aromatic carbocycles. The molecule has 0 atom stereocenters. The van der Waals surface area contributed by atoms with E-state index in [1.54, 1.807) is 0 Å². The first-order valence-electron chi connectivity index (χ1n) is 7.97. The highest BCUT2D eigenvalue weighted by atomic mass is 16.4. The van der Waals surface area contributed by atoms with Gasteiger partial charge in [-0.3, -0.25) is 9.59 Å². The van der Waals surface area contributed by atoms with Crippen LogP contribution >= 0.6 is 0 Å². The van der Waals surface area contributed by atoms with Crippen molar-refractivity contribution in [2.24, 2.45) is 0 Å². The Labute approximate surface area is 130 Å². The zero-order valence-electron chi connectivity index (χ0n) is 13.0. The van der Waals surface area contributed by atoms with Crippen molar-refractivity contribution in [2.75, 3.05) is 0 Å².